The van der Waals surface area contributed by atoms with Crippen molar-refractivity contribution in [2.24, 2.45) is 0 Å². The summed E-state index contributed by atoms with van der Waals surface area (Å²) in [5, 5.41) is 16.4. The van der Waals surface area contributed by atoms with Crippen molar-refractivity contribution in [2.75, 3.05) is 7.11 Å². The zero-order chi connectivity index (χ0) is 28.8. The van der Waals surface area contributed by atoms with Crippen LogP contribution in [0.4, 0.5) is 18.0 Å². The molecule has 1 aromatic carbocycles. The number of methoxy groups -OCH3 is 1. The van der Waals surface area contributed by atoms with Gasteiger partial charge in [-0.2, -0.15) is 23.5 Å². The van der Waals surface area contributed by atoms with Gasteiger partial charge in [0.25, 0.3) is 0 Å². The number of nitrogens with one attached hydrogen (secondary N) is 1. The normalized spacial score (nSPS) is 12.4. The van der Waals surface area contributed by atoms with Gasteiger partial charge in [-0.15, -0.1) is 0 Å². The first-order chi connectivity index (χ1) is 18.3. The standard InChI is InChI=1S/C27H28F3N5O4/c1-26(2,3)39-25(37)33-20(8-11-27(28,29)30)16-35-23(24(36)38-4)21(18-9-12-32-13-10-18)22(34-35)19-7-5-6-17(14-19)15-31/h5-7,9-10,12-14,20H,8,11,16H2,1-4H3,(H,33,37)/t20-/m1/s1. The van der Waals surface area contributed by atoms with Crippen molar-refractivity contribution in [1.82, 2.24) is 20.1 Å². The van der Waals surface area contributed by atoms with E-state index in [1.807, 2.05) is 0 Å². The summed E-state index contributed by atoms with van der Waals surface area (Å²) in [7, 11) is 1.17. The Morgan fingerprint density at radius 3 is 2.41 bits per heavy atom. The number of nitriles is 1. The van der Waals surface area contributed by atoms with E-state index in [0.29, 0.717) is 27.9 Å². The van der Waals surface area contributed by atoms with Gasteiger partial charge >= 0.3 is 18.2 Å². The van der Waals surface area contributed by atoms with Gasteiger partial charge in [-0.05, 0) is 57.0 Å². The number of amides is 1. The van der Waals surface area contributed by atoms with Crippen molar-refractivity contribution in [3.8, 4) is 28.5 Å². The molecule has 1 amide bonds. The van der Waals surface area contributed by atoms with Crippen LogP contribution in [0.3, 0.4) is 0 Å². The number of carbonyl (C=O) groups is 2. The summed E-state index contributed by atoms with van der Waals surface area (Å²) in [5.41, 5.74) is 1.10. The molecule has 0 fully saturated rings. The highest BCUT2D eigenvalue weighted by molar-refractivity contribution is 6.00. The Hall–Kier alpha value is -4.40. The van der Waals surface area contributed by atoms with Crippen LogP contribution in [0.15, 0.2) is 48.8 Å². The molecular weight excluding hydrogens is 515 g/mol. The molecule has 9 nitrogen and oxygen atoms in total. The number of alkyl carbamates (subject to hydrolysis) is 1. The summed E-state index contributed by atoms with van der Waals surface area (Å²) >= 11 is 0. The lowest BCUT2D eigenvalue weighted by Gasteiger charge is -2.24. The van der Waals surface area contributed by atoms with Crippen molar-refractivity contribution in [1.29, 1.82) is 5.26 Å². The first kappa shape index (κ1) is 29.2. The second-order valence-electron chi connectivity index (χ2n) is 9.67. The summed E-state index contributed by atoms with van der Waals surface area (Å²) in [6.45, 7) is 4.59. The summed E-state index contributed by atoms with van der Waals surface area (Å²) in [4.78, 5) is 29.5. The smallest absolute Gasteiger partial charge is 0.407 e. The van der Waals surface area contributed by atoms with Crippen LogP contribution in [-0.4, -0.2) is 51.8 Å². The molecule has 3 aromatic rings. The number of carbonyl (C=O) groups excluding carboxylic acids is 2. The second kappa shape index (κ2) is 12.0. The third-order valence-electron chi connectivity index (χ3n) is 5.46. The van der Waals surface area contributed by atoms with E-state index in [-0.39, 0.29) is 12.2 Å². The molecule has 0 aliphatic heterocycles. The number of alkyl halides is 3. The topological polar surface area (TPSA) is 119 Å². The van der Waals surface area contributed by atoms with Gasteiger partial charge in [-0.1, -0.05) is 12.1 Å². The average Bonchev–Trinajstić information content (AvgIpc) is 3.25. The molecule has 0 saturated carbocycles. The SMILES string of the molecule is COC(=O)c1c(-c2ccncc2)c(-c2cccc(C#N)c2)nn1C[C@@H](CCC(F)(F)F)NC(=O)OC(C)(C)C. The number of nitrogens with zero attached hydrogens (tertiary/aromatic N) is 4. The lowest BCUT2D eigenvalue weighted by molar-refractivity contribution is -0.136. The number of hydrogen-bond donors (Lipinski definition) is 1. The van der Waals surface area contributed by atoms with Gasteiger partial charge in [0.05, 0.1) is 31.3 Å². The van der Waals surface area contributed by atoms with E-state index in [9.17, 15) is 28.0 Å². The number of halogens is 3. The molecule has 0 spiro atoms. The largest absolute Gasteiger partial charge is 0.464 e. The van der Waals surface area contributed by atoms with Gasteiger partial charge in [0, 0.05) is 29.9 Å². The number of esters is 1. The zero-order valence-corrected chi connectivity index (χ0v) is 21.9. The van der Waals surface area contributed by atoms with E-state index in [4.69, 9.17) is 9.47 Å². The lowest BCUT2D eigenvalue weighted by Crippen LogP contribution is -2.42. The number of hydrogen-bond acceptors (Lipinski definition) is 7. The van der Waals surface area contributed by atoms with Crippen LogP contribution in [0.2, 0.25) is 0 Å². The number of rotatable bonds is 8. The fraction of sp³-hybridized carbons (Fsp3) is 0.370. The van der Waals surface area contributed by atoms with Crippen LogP contribution in [0, 0.1) is 11.3 Å². The minimum absolute atomic E-state index is 0.0379. The van der Waals surface area contributed by atoms with Crippen molar-refractivity contribution >= 4 is 12.1 Å². The molecular formula is C27H28F3N5O4. The van der Waals surface area contributed by atoms with E-state index < -0.39 is 42.7 Å². The highest BCUT2D eigenvalue weighted by atomic mass is 19.4. The third kappa shape index (κ3) is 8.04. The van der Waals surface area contributed by atoms with Crippen LogP contribution in [0.5, 0.6) is 0 Å². The zero-order valence-electron chi connectivity index (χ0n) is 21.9. The molecule has 1 N–H and O–H groups in total. The number of benzene rings is 1. The van der Waals surface area contributed by atoms with Crippen LogP contribution in [-0.2, 0) is 16.0 Å². The molecule has 39 heavy (non-hydrogen) atoms. The molecule has 0 bridgehead atoms. The van der Waals surface area contributed by atoms with E-state index in [1.165, 1.54) is 24.2 Å². The van der Waals surface area contributed by atoms with Crippen LogP contribution < -0.4 is 5.32 Å². The Morgan fingerprint density at radius 1 is 1.13 bits per heavy atom. The molecule has 206 valence electrons. The maximum absolute atomic E-state index is 13.1. The van der Waals surface area contributed by atoms with Crippen molar-refractivity contribution < 1.29 is 32.2 Å². The predicted molar refractivity (Wildman–Crippen MR) is 135 cm³/mol. The Bertz CT molecular complexity index is 1360. The van der Waals surface area contributed by atoms with Crippen molar-refractivity contribution in [3.05, 3.63) is 60.0 Å². The summed E-state index contributed by atoms with van der Waals surface area (Å²) in [6.07, 6.45) is -4.03. The maximum atomic E-state index is 13.1. The van der Waals surface area contributed by atoms with Gasteiger partial charge in [0.2, 0.25) is 0 Å². The first-order valence-corrected chi connectivity index (χ1v) is 12.0. The summed E-state index contributed by atoms with van der Waals surface area (Å²) in [5.74, 6) is -0.788. The molecule has 2 aromatic heterocycles. The monoisotopic (exact) mass is 543 g/mol. The fourth-order valence-electron chi connectivity index (χ4n) is 3.86. The molecule has 3 rings (SSSR count). The lowest BCUT2D eigenvalue weighted by atomic mass is 9.98. The number of ether oxygens (including phenoxy) is 2. The minimum atomic E-state index is -4.48. The molecule has 0 saturated heterocycles. The Kier molecular flexibility index (Phi) is 8.96. The Morgan fingerprint density at radius 2 is 1.82 bits per heavy atom. The number of pyridine rings is 1. The summed E-state index contributed by atoms with van der Waals surface area (Å²) < 4.78 is 50.9. The fourth-order valence-corrected chi connectivity index (χ4v) is 3.86. The van der Waals surface area contributed by atoms with Gasteiger partial charge in [0.15, 0.2) is 5.69 Å². The number of aromatic nitrogens is 3. The molecule has 12 heteroatoms. The van der Waals surface area contributed by atoms with E-state index in [1.54, 1.807) is 57.2 Å². The van der Waals surface area contributed by atoms with E-state index in [0.717, 1.165) is 0 Å². The highest BCUT2D eigenvalue weighted by Crippen LogP contribution is 2.35. The maximum Gasteiger partial charge on any atom is 0.407 e. The Balaban J connectivity index is 2.16. The third-order valence-corrected chi connectivity index (χ3v) is 5.46. The quantitative estimate of drug-likeness (QED) is 0.372. The van der Waals surface area contributed by atoms with E-state index >= 15 is 0 Å². The van der Waals surface area contributed by atoms with Gasteiger partial charge in [0.1, 0.15) is 11.3 Å². The van der Waals surface area contributed by atoms with Crippen molar-refractivity contribution in [3.63, 3.8) is 0 Å². The molecule has 2 heterocycles. The molecule has 1 atom stereocenters. The van der Waals surface area contributed by atoms with Crippen LogP contribution in [0.1, 0.15) is 49.7 Å². The van der Waals surface area contributed by atoms with Gasteiger partial charge in [-0.25, -0.2) is 9.59 Å². The Labute approximate surface area is 223 Å². The molecule has 0 radical (unpaired) electrons. The molecule has 0 aliphatic carbocycles. The highest BCUT2D eigenvalue weighted by Gasteiger charge is 2.32. The molecule has 0 unspecified atom stereocenters. The molecule has 0 aliphatic rings. The van der Waals surface area contributed by atoms with Crippen LogP contribution in [0.25, 0.3) is 22.4 Å². The first-order valence-electron chi connectivity index (χ1n) is 12.0. The minimum Gasteiger partial charge on any atom is -0.464 e. The predicted octanol–water partition coefficient (Wildman–Crippen LogP) is 5.51. The van der Waals surface area contributed by atoms with Gasteiger partial charge in [-0.3, -0.25) is 9.67 Å². The van der Waals surface area contributed by atoms with Crippen molar-refractivity contribution in [2.45, 2.75) is 58.0 Å². The van der Waals surface area contributed by atoms with Crippen LogP contribution >= 0.6 is 0 Å². The second-order valence-corrected chi connectivity index (χ2v) is 9.67. The van der Waals surface area contributed by atoms with E-state index in [2.05, 4.69) is 21.5 Å². The summed E-state index contributed by atoms with van der Waals surface area (Å²) in [6, 6.07) is 10.8. The average molecular weight is 544 g/mol. The van der Waals surface area contributed by atoms with Gasteiger partial charge < -0.3 is 14.8 Å².